The third-order valence-electron chi connectivity index (χ3n) is 4.59. The van der Waals surface area contributed by atoms with E-state index < -0.39 is 0 Å². The Morgan fingerprint density at radius 2 is 1.93 bits per heavy atom. The number of ether oxygens (including phenoxy) is 1. The summed E-state index contributed by atoms with van der Waals surface area (Å²) in [5.74, 6) is 0.541. The van der Waals surface area contributed by atoms with Gasteiger partial charge in [0.1, 0.15) is 10.8 Å². The Hall–Kier alpha value is -1.98. The van der Waals surface area contributed by atoms with Crippen LogP contribution in [0.2, 0.25) is 10.0 Å². The summed E-state index contributed by atoms with van der Waals surface area (Å²) in [4.78, 5) is 26.4. The predicted octanol–water partition coefficient (Wildman–Crippen LogP) is 4.27. The van der Waals surface area contributed by atoms with Gasteiger partial charge in [-0.3, -0.25) is 9.59 Å². The molecule has 0 radical (unpaired) electrons. The Morgan fingerprint density at radius 1 is 1.15 bits per heavy atom. The van der Waals surface area contributed by atoms with Crippen LogP contribution in [0.5, 0.6) is 5.75 Å². The first kappa shape index (κ1) is 19.8. The van der Waals surface area contributed by atoms with Crippen molar-refractivity contribution in [2.24, 2.45) is 0 Å². The quantitative estimate of drug-likeness (QED) is 0.749. The molecule has 7 heteroatoms. The molecule has 2 heterocycles. The fourth-order valence-corrected chi connectivity index (χ4v) is 3.68. The molecule has 1 fully saturated rings. The van der Waals surface area contributed by atoms with Gasteiger partial charge in [-0.05, 0) is 56.5 Å². The zero-order valence-electron chi connectivity index (χ0n) is 15.2. The Bertz CT molecular complexity index is 895. The molecule has 0 spiro atoms. The molecule has 2 atom stereocenters. The molecule has 3 rings (SSSR count). The van der Waals surface area contributed by atoms with E-state index >= 15 is 0 Å². The van der Waals surface area contributed by atoms with Crippen molar-refractivity contribution in [1.82, 2.24) is 10.3 Å². The summed E-state index contributed by atoms with van der Waals surface area (Å²) in [5.41, 5.74) is 1.34. The second-order valence-electron chi connectivity index (χ2n) is 7.04. The summed E-state index contributed by atoms with van der Waals surface area (Å²) in [6.07, 6.45) is 1.97. The van der Waals surface area contributed by atoms with Gasteiger partial charge in [0, 0.05) is 24.1 Å². The van der Waals surface area contributed by atoms with Crippen molar-refractivity contribution in [2.75, 3.05) is 0 Å². The number of carbonyl (C=O) groups excluding carboxylic acids is 1. The number of halogens is 2. The van der Waals surface area contributed by atoms with E-state index in [1.54, 1.807) is 12.1 Å². The molecule has 1 aliphatic heterocycles. The molecule has 2 N–H and O–H groups in total. The van der Waals surface area contributed by atoms with E-state index in [9.17, 15) is 9.59 Å². The van der Waals surface area contributed by atoms with Crippen LogP contribution in [-0.2, 0) is 4.79 Å². The molecule has 1 aliphatic rings. The average molecular weight is 409 g/mol. The Kier molecular flexibility index (Phi) is 6.12. The lowest BCUT2D eigenvalue weighted by molar-refractivity contribution is -0.119. The van der Waals surface area contributed by atoms with Gasteiger partial charge < -0.3 is 15.0 Å². The zero-order valence-corrected chi connectivity index (χ0v) is 16.7. The van der Waals surface area contributed by atoms with Gasteiger partial charge in [-0.25, -0.2) is 0 Å². The lowest BCUT2D eigenvalue weighted by Crippen LogP contribution is -2.28. The summed E-state index contributed by atoms with van der Waals surface area (Å²) in [7, 11) is 0. The fourth-order valence-electron chi connectivity index (χ4n) is 3.34. The molecule has 1 amide bonds. The topological polar surface area (TPSA) is 71.2 Å². The number of carbonyl (C=O) groups is 1. The van der Waals surface area contributed by atoms with Crippen LogP contribution in [-0.4, -0.2) is 23.0 Å². The fraction of sp³-hybridized carbons (Fsp3) is 0.400. The Morgan fingerprint density at radius 3 is 2.52 bits per heavy atom. The number of hydrogen-bond acceptors (Lipinski definition) is 3. The largest absolute Gasteiger partial charge is 0.489 e. The number of aromatic nitrogens is 1. The maximum absolute atomic E-state index is 12.0. The van der Waals surface area contributed by atoms with Crippen LogP contribution in [0.3, 0.4) is 0 Å². The van der Waals surface area contributed by atoms with Gasteiger partial charge in [0.15, 0.2) is 0 Å². The van der Waals surface area contributed by atoms with Crippen LogP contribution in [0, 0.1) is 0 Å². The first-order valence-corrected chi connectivity index (χ1v) is 9.73. The summed E-state index contributed by atoms with van der Waals surface area (Å²) in [5, 5.41) is 3.64. The van der Waals surface area contributed by atoms with Gasteiger partial charge in [0.2, 0.25) is 5.91 Å². The first-order chi connectivity index (χ1) is 12.8. The number of hydrogen-bond donors (Lipinski definition) is 2. The molecule has 1 unspecified atom stereocenters. The zero-order chi connectivity index (χ0) is 19.6. The van der Waals surface area contributed by atoms with Crippen LogP contribution < -0.4 is 15.6 Å². The van der Waals surface area contributed by atoms with E-state index in [4.69, 9.17) is 27.9 Å². The Balaban J connectivity index is 1.95. The molecule has 144 valence electrons. The second-order valence-corrected chi connectivity index (χ2v) is 7.85. The lowest BCUT2D eigenvalue weighted by Gasteiger charge is -2.22. The minimum atomic E-state index is -0.333. The van der Waals surface area contributed by atoms with Crippen molar-refractivity contribution in [3.05, 3.63) is 62.0 Å². The van der Waals surface area contributed by atoms with E-state index in [0.29, 0.717) is 23.6 Å². The minimum Gasteiger partial charge on any atom is -0.489 e. The highest BCUT2D eigenvalue weighted by Gasteiger charge is 2.27. The van der Waals surface area contributed by atoms with Crippen LogP contribution in [0.1, 0.15) is 50.3 Å². The standard InChI is InChI=1S/C20H22Cl2N2O3/c1-11(2)27-18-7-3-12(9-16(18)22)14(10-13-4-8-19(25)23-13)17-6-5-15(21)20(26)24-17/h3,5-7,9,11,13-14H,4,8,10H2,1-2H3,(H,23,25)(H,24,26)/t13-,14?/m1/s1. The van der Waals surface area contributed by atoms with Gasteiger partial charge in [-0.15, -0.1) is 0 Å². The Labute approximate surface area is 168 Å². The minimum absolute atomic E-state index is 0.0190. The monoisotopic (exact) mass is 408 g/mol. The molecule has 1 aromatic heterocycles. The third-order valence-corrected chi connectivity index (χ3v) is 5.18. The lowest BCUT2D eigenvalue weighted by atomic mass is 9.88. The average Bonchev–Trinajstić information content (AvgIpc) is 3.02. The number of amides is 1. The normalized spacial score (nSPS) is 17.8. The molecular weight excluding hydrogens is 387 g/mol. The molecule has 0 aliphatic carbocycles. The summed E-state index contributed by atoms with van der Waals surface area (Å²) >= 11 is 12.3. The maximum atomic E-state index is 12.0. The highest BCUT2D eigenvalue weighted by atomic mass is 35.5. The van der Waals surface area contributed by atoms with Crippen LogP contribution >= 0.6 is 23.2 Å². The molecular formula is C20H22Cl2N2O3. The van der Waals surface area contributed by atoms with Crippen LogP contribution in [0.25, 0.3) is 0 Å². The van der Waals surface area contributed by atoms with Gasteiger partial charge in [-0.1, -0.05) is 29.3 Å². The van der Waals surface area contributed by atoms with Crippen molar-refractivity contribution in [3.63, 3.8) is 0 Å². The van der Waals surface area contributed by atoms with E-state index in [0.717, 1.165) is 17.7 Å². The van der Waals surface area contributed by atoms with E-state index in [1.165, 1.54) is 0 Å². The van der Waals surface area contributed by atoms with Crippen LogP contribution in [0.4, 0.5) is 0 Å². The number of pyridine rings is 1. The summed E-state index contributed by atoms with van der Waals surface area (Å²) < 4.78 is 5.70. The molecule has 1 aromatic carbocycles. The van der Waals surface area contributed by atoms with Gasteiger partial charge >= 0.3 is 0 Å². The van der Waals surface area contributed by atoms with Crippen molar-refractivity contribution in [3.8, 4) is 5.75 Å². The molecule has 5 nitrogen and oxygen atoms in total. The summed E-state index contributed by atoms with van der Waals surface area (Å²) in [6, 6.07) is 9.08. The first-order valence-electron chi connectivity index (χ1n) is 8.97. The molecule has 0 bridgehead atoms. The predicted molar refractivity (Wildman–Crippen MR) is 107 cm³/mol. The van der Waals surface area contributed by atoms with Crippen molar-refractivity contribution in [2.45, 2.75) is 51.2 Å². The van der Waals surface area contributed by atoms with Crippen molar-refractivity contribution >= 4 is 29.1 Å². The van der Waals surface area contributed by atoms with E-state index in [1.807, 2.05) is 32.0 Å². The molecule has 27 heavy (non-hydrogen) atoms. The highest BCUT2D eigenvalue weighted by Crippen LogP contribution is 2.35. The molecule has 0 saturated carbocycles. The number of nitrogens with one attached hydrogen (secondary N) is 2. The molecule has 1 saturated heterocycles. The van der Waals surface area contributed by atoms with E-state index in [2.05, 4.69) is 10.3 Å². The summed E-state index contributed by atoms with van der Waals surface area (Å²) in [6.45, 7) is 3.88. The van der Waals surface area contributed by atoms with E-state index in [-0.39, 0.29) is 34.6 Å². The van der Waals surface area contributed by atoms with Gasteiger partial charge in [0.25, 0.3) is 5.56 Å². The second kappa shape index (κ2) is 8.36. The van der Waals surface area contributed by atoms with Crippen LogP contribution in [0.15, 0.2) is 35.1 Å². The smallest absolute Gasteiger partial charge is 0.266 e. The number of benzene rings is 1. The van der Waals surface area contributed by atoms with Crippen molar-refractivity contribution < 1.29 is 9.53 Å². The molecule has 2 aromatic rings. The number of rotatable bonds is 6. The maximum Gasteiger partial charge on any atom is 0.266 e. The van der Waals surface area contributed by atoms with Gasteiger partial charge in [-0.2, -0.15) is 0 Å². The highest BCUT2D eigenvalue weighted by molar-refractivity contribution is 6.32. The van der Waals surface area contributed by atoms with Crippen molar-refractivity contribution in [1.29, 1.82) is 0 Å². The SMILES string of the molecule is CC(C)Oc1ccc(C(C[C@H]2CCC(=O)N2)c2ccc(Cl)c(=O)[nH]2)cc1Cl. The third kappa shape index (κ3) is 4.85. The number of H-pyrrole nitrogens is 1. The number of aromatic amines is 1. The van der Waals surface area contributed by atoms with Gasteiger partial charge in [0.05, 0.1) is 11.1 Å².